The van der Waals surface area contributed by atoms with Crippen LogP contribution in [0.3, 0.4) is 0 Å². The van der Waals surface area contributed by atoms with Gasteiger partial charge in [0.25, 0.3) is 0 Å². The fraction of sp³-hybridized carbons (Fsp3) is 0.727. The summed E-state index contributed by atoms with van der Waals surface area (Å²) in [7, 11) is 0. The first-order chi connectivity index (χ1) is 8.24. The molecular weight excluding hydrogens is 253 g/mol. The maximum Gasteiger partial charge on any atom is 0.401 e. The van der Waals surface area contributed by atoms with Gasteiger partial charge in [-0.15, -0.1) is 0 Å². The number of rotatable bonds is 0. The lowest BCUT2D eigenvalue weighted by Crippen LogP contribution is -2.54. The van der Waals surface area contributed by atoms with Crippen molar-refractivity contribution in [3.8, 4) is 0 Å². The molecule has 0 aromatic heterocycles. The fourth-order valence-electron chi connectivity index (χ4n) is 2.44. The molecule has 0 bridgehead atoms. The van der Waals surface area contributed by atoms with Crippen molar-refractivity contribution in [2.24, 2.45) is 5.41 Å². The fourth-order valence-corrected chi connectivity index (χ4v) is 2.44. The van der Waals surface area contributed by atoms with Crippen LogP contribution in [0, 0.1) is 5.41 Å². The van der Waals surface area contributed by atoms with E-state index in [-0.39, 0.29) is 25.2 Å². The molecule has 0 radical (unpaired) electrons. The van der Waals surface area contributed by atoms with Gasteiger partial charge in [-0.3, -0.25) is 4.79 Å². The van der Waals surface area contributed by atoms with E-state index in [4.69, 9.17) is 14.6 Å². The lowest BCUT2D eigenvalue weighted by Gasteiger charge is -2.43. The van der Waals surface area contributed by atoms with E-state index >= 15 is 0 Å². The van der Waals surface area contributed by atoms with Gasteiger partial charge in [-0.05, 0) is 6.92 Å². The number of hydrogen-bond donors (Lipinski definition) is 1. The van der Waals surface area contributed by atoms with Gasteiger partial charge in [0.2, 0.25) is 0 Å². The predicted octanol–water partition coefficient (Wildman–Crippen LogP) is 2.10. The Hall–Kier alpha value is -1.08. The van der Waals surface area contributed by atoms with Gasteiger partial charge >= 0.3 is 6.18 Å². The summed E-state index contributed by atoms with van der Waals surface area (Å²) in [5, 5.41) is 8.94. The summed E-state index contributed by atoms with van der Waals surface area (Å²) < 4.78 is 49.7. The molecule has 1 aliphatic carbocycles. The standard InChI is InChI=1S/C11H13F3O4/c1-9(11(12,13)14)6-10(17-2-3-18-10)4-7(5-15)8(9)16/h5,15H,2-4,6H2,1H3/b7-5+. The number of carbonyl (C=O) groups is 1. The number of alkyl halides is 3. The van der Waals surface area contributed by atoms with Crippen molar-refractivity contribution in [3.63, 3.8) is 0 Å². The van der Waals surface area contributed by atoms with Crippen LogP contribution in [-0.4, -0.2) is 36.1 Å². The van der Waals surface area contributed by atoms with Gasteiger partial charge in [0.1, 0.15) is 5.41 Å². The molecule has 0 aromatic rings. The Labute approximate surface area is 101 Å². The molecule has 7 heteroatoms. The van der Waals surface area contributed by atoms with Crippen LogP contribution in [0.15, 0.2) is 11.8 Å². The minimum atomic E-state index is -4.72. The summed E-state index contributed by atoms with van der Waals surface area (Å²) in [4.78, 5) is 11.8. The van der Waals surface area contributed by atoms with E-state index in [1.807, 2.05) is 0 Å². The highest BCUT2D eigenvalue weighted by molar-refractivity contribution is 6.01. The number of halogens is 3. The van der Waals surface area contributed by atoms with Crippen molar-refractivity contribution in [3.05, 3.63) is 11.8 Å². The highest BCUT2D eigenvalue weighted by Gasteiger charge is 2.64. The minimum Gasteiger partial charge on any atom is -0.515 e. The quantitative estimate of drug-likeness (QED) is 0.539. The van der Waals surface area contributed by atoms with E-state index in [1.54, 1.807) is 0 Å². The second-order valence-electron chi connectivity index (χ2n) is 4.77. The summed E-state index contributed by atoms with van der Waals surface area (Å²) in [5.41, 5.74) is -2.91. The van der Waals surface area contributed by atoms with Crippen LogP contribution in [0.5, 0.6) is 0 Å². The molecule has 1 saturated carbocycles. The van der Waals surface area contributed by atoms with Crippen molar-refractivity contribution in [1.29, 1.82) is 0 Å². The van der Waals surface area contributed by atoms with E-state index in [0.29, 0.717) is 6.26 Å². The van der Waals surface area contributed by atoms with Gasteiger partial charge in [0.05, 0.1) is 19.5 Å². The maximum atomic E-state index is 13.1. The average molecular weight is 266 g/mol. The normalized spacial score (nSPS) is 34.4. The van der Waals surface area contributed by atoms with Crippen molar-refractivity contribution < 1.29 is 32.5 Å². The predicted molar refractivity (Wildman–Crippen MR) is 53.7 cm³/mol. The molecule has 2 fully saturated rings. The largest absolute Gasteiger partial charge is 0.515 e. The van der Waals surface area contributed by atoms with Gasteiger partial charge in [0, 0.05) is 18.4 Å². The Morgan fingerprint density at radius 3 is 2.33 bits per heavy atom. The highest BCUT2D eigenvalue weighted by atomic mass is 19.4. The monoisotopic (exact) mass is 266 g/mol. The first kappa shape index (κ1) is 13.4. The summed E-state index contributed by atoms with van der Waals surface area (Å²) in [6.45, 7) is 1.17. The van der Waals surface area contributed by atoms with Crippen LogP contribution >= 0.6 is 0 Å². The molecule has 1 spiro atoms. The molecule has 4 nitrogen and oxygen atoms in total. The molecule has 18 heavy (non-hydrogen) atoms. The first-order valence-electron chi connectivity index (χ1n) is 5.47. The average Bonchev–Trinajstić information content (AvgIpc) is 2.70. The molecule has 0 amide bonds. The van der Waals surface area contributed by atoms with Crippen LogP contribution in [0.1, 0.15) is 19.8 Å². The number of carbonyl (C=O) groups excluding carboxylic acids is 1. The van der Waals surface area contributed by atoms with Crippen molar-refractivity contribution in [2.75, 3.05) is 13.2 Å². The molecule has 1 saturated heterocycles. The minimum absolute atomic E-state index is 0.159. The molecular formula is C11H13F3O4. The highest BCUT2D eigenvalue weighted by Crippen LogP contribution is 2.53. The topological polar surface area (TPSA) is 55.8 Å². The van der Waals surface area contributed by atoms with Gasteiger partial charge < -0.3 is 14.6 Å². The van der Waals surface area contributed by atoms with Gasteiger partial charge in [-0.1, -0.05) is 0 Å². The Morgan fingerprint density at radius 2 is 1.89 bits per heavy atom. The van der Waals surface area contributed by atoms with Gasteiger partial charge in [-0.25, -0.2) is 0 Å². The molecule has 102 valence electrons. The first-order valence-corrected chi connectivity index (χ1v) is 5.47. The Bertz CT molecular complexity index is 396. The lowest BCUT2D eigenvalue weighted by molar-refractivity contribution is -0.260. The molecule has 1 atom stereocenters. The molecule has 1 N–H and O–H groups in total. The molecule has 2 rings (SSSR count). The van der Waals surface area contributed by atoms with E-state index in [2.05, 4.69) is 0 Å². The number of ketones is 1. The summed E-state index contributed by atoms with van der Waals surface area (Å²) in [6.07, 6.45) is -5.05. The van der Waals surface area contributed by atoms with Crippen LogP contribution in [0.2, 0.25) is 0 Å². The maximum absolute atomic E-state index is 13.1. The molecule has 2 aliphatic rings. The van der Waals surface area contributed by atoms with Crippen LogP contribution < -0.4 is 0 Å². The van der Waals surface area contributed by atoms with E-state index in [9.17, 15) is 18.0 Å². The van der Waals surface area contributed by atoms with Crippen molar-refractivity contribution >= 4 is 5.78 Å². The van der Waals surface area contributed by atoms with Crippen LogP contribution in [-0.2, 0) is 14.3 Å². The van der Waals surface area contributed by atoms with E-state index in [1.165, 1.54) is 0 Å². The number of ether oxygens (including phenoxy) is 2. The smallest absolute Gasteiger partial charge is 0.401 e. The zero-order valence-electron chi connectivity index (χ0n) is 9.71. The second-order valence-corrected chi connectivity index (χ2v) is 4.77. The third kappa shape index (κ3) is 1.81. The van der Waals surface area contributed by atoms with Crippen molar-refractivity contribution in [1.82, 2.24) is 0 Å². The Morgan fingerprint density at radius 1 is 1.33 bits per heavy atom. The number of hydrogen-bond acceptors (Lipinski definition) is 4. The summed E-state index contributed by atoms with van der Waals surface area (Å²) in [6, 6.07) is 0. The zero-order chi connectivity index (χ0) is 13.6. The third-order valence-electron chi connectivity index (χ3n) is 3.47. The third-order valence-corrected chi connectivity index (χ3v) is 3.47. The molecule has 1 unspecified atom stereocenters. The van der Waals surface area contributed by atoms with E-state index < -0.39 is 29.6 Å². The van der Waals surface area contributed by atoms with Crippen LogP contribution in [0.25, 0.3) is 0 Å². The molecule has 1 heterocycles. The van der Waals surface area contributed by atoms with Crippen LogP contribution in [0.4, 0.5) is 13.2 Å². The van der Waals surface area contributed by atoms with E-state index in [0.717, 1.165) is 6.92 Å². The van der Waals surface area contributed by atoms with Gasteiger partial charge in [0.15, 0.2) is 11.6 Å². The number of aliphatic hydroxyl groups is 1. The second kappa shape index (κ2) is 3.96. The number of aliphatic hydroxyl groups excluding tert-OH is 1. The Kier molecular flexibility index (Phi) is 2.94. The molecule has 0 aromatic carbocycles. The number of Topliss-reactive ketones (excluding diaryl/α,β-unsaturated/α-hetero) is 1. The SMILES string of the molecule is CC1(C(F)(F)F)CC2(C/C(=C\O)C1=O)OCCO2. The summed E-state index contributed by atoms with van der Waals surface area (Å²) >= 11 is 0. The zero-order valence-corrected chi connectivity index (χ0v) is 9.71. The summed E-state index contributed by atoms with van der Waals surface area (Å²) in [5.74, 6) is -2.57. The Balaban J connectivity index is 2.43. The van der Waals surface area contributed by atoms with Gasteiger partial charge in [-0.2, -0.15) is 13.2 Å². The van der Waals surface area contributed by atoms with Crippen molar-refractivity contribution in [2.45, 2.75) is 31.7 Å². The lowest BCUT2D eigenvalue weighted by atomic mass is 9.69. The molecule has 1 aliphatic heterocycles.